The summed E-state index contributed by atoms with van der Waals surface area (Å²) in [6.45, 7) is 1.74. The molecule has 17 unspecified atom stereocenters. The normalized spacial score (nSPS) is 30.3. The fourth-order valence-corrected chi connectivity index (χ4v) is 10.9. The molecule has 1 amide bonds. The predicted octanol–water partition coefficient (Wildman–Crippen LogP) is 6.16. The molecule has 0 aliphatic carbocycles. The monoisotopic (exact) mass is 1140 g/mol. The Kier molecular flexibility index (Phi) is 40.1. The average Bonchev–Trinajstić information content (AvgIpc) is 3.56. The molecule has 3 rings (SSSR count). The summed E-state index contributed by atoms with van der Waals surface area (Å²) in [5.41, 5.74) is 0. The molecular weight excluding hydrogens is 1020 g/mol. The molecule has 466 valence electrons. The summed E-state index contributed by atoms with van der Waals surface area (Å²) in [4.78, 5) is 13.3. The standard InChI is InChI=1S/C60H113NO18/c1-3-5-7-9-11-13-15-17-18-19-20-21-22-23-24-26-28-30-32-34-36-38-48(66)61-43(44(65)37-35-33-31-29-27-25-16-14-12-10-8-6-4-2)42-74-58-54(72)51(69)56(46(40-63)76-58)79-60-55(73)52(70)57(47(41-64)77-60)78-59-53(71)50(68)49(67)45(39-62)75-59/h35,37,43-47,49-60,62-65,67-73H,3-34,36,38-42H2,1-2H3,(H,61,66). The molecule has 3 aliphatic heterocycles. The van der Waals surface area contributed by atoms with E-state index in [0.717, 1.165) is 44.9 Å². The number of ether oxygens (including phenoxy) is 6. The third-order valence-electron chi connectivity index (χ3n) is 16.1. The molecule has 3 heterocycles. The first-order valence-electron chi connectivity index (χ1n) is 31.4. The van der Waals surface area contributed by atoms with Gasteiger partial charge in [-0.25, -0.2) is 0 Å². The van der Waals surface area contributed by atoms with E-state index in [1.807, 2.05) is 6.08 Å². The number of carbonyl (C=O) groups excluding carboxylic acids is 1. The molecule has 0 aromatic heterocycles. The number of aliphatic hydroxyl groups is 11. The summed E-state index contributed by atoms with van der Waals surface area (Å²) in [5, 5.41) is 120. The first-order chi connectivity index (χ1) is 38.3. The second-order valence-corrected chi connectivity index (χ2v) is 22.9. The van der Waals surface area contributed by atoms with Crippen LogP contribution in [0.2, 0.25) is 0 Å². The van der Waals surface area contributed by atoms with Crippen molar-refractivity contribution < 1.29 is 89.4 Å². The SMILES string of the molecule is CCCCCCCCCCCCCC=CC(O)C(COC1OC(CO)C(OC2OC(CO)C(OC3OC(CO)C(O)C(O)C3O)C(O)C2O)C(O)C1O)NC(=O)CCCCCCCCCCCCCCCCCCCCCCC. The van der Waals surface area contributed by atoms with Crippen molar-refractivity contribution in [3.8, 4) is 0 Å². The van der Waals surface area contributed by atoms with Crippen molar-refractivity contribution in [1.82, 2.24) is 5.32 Å². The van der Waals surface area contributed by atoms with Crippen molar-refractivity contribution in [2.45, 2.75) is 336 Å². The summed E-state index contributed by atoms with van der Waals surface area (Å²) in [5.74, 6) is -0.272. The molecule has 79 heavy (non-hydrogen) atoms. The van der Waals surface area contributed by atoms with E-state index in [4.69, 9.17) is 28.4 Å². The van der Waals surface area contributed by atoms with Gasteiger partial charge < -0.3 is 89.9 Å². The lowest BCUT2D eigenvalue weighted by molar-refractivity contribution is -0.379. The Bertz CT molecular complexity index is 1500. The second-order valence-electron chi connectivity index (χ2n) is 22.9. The summed E-state index contributed by atoms with van der Waals surface area (Å²) in [6.07, 6.45) is 17.7. The first-order valence-corrected chi connectivity index (χ1v) is 31.4. The number of nitrogens with one attached hydrogen (secondary N) is 1. The number of amides is 1. The van der Waals surface area contributed by atoms with Gasteiger partial charge in [0.25, 0.3) is 0 Å². The molecule has 3 aliphatic rings. The van der Waals surface area contributed by atoms with Gasteiger partial charge in [-0.15, -0.1) is 0 Å². The Morgan fingerprint density at radius 1 is 0.443 bits per heavy atom. The molecule has 3 saturated heterocycles. The molecule has 17 atom stereocenters. The molecule has 19 heteroatoms. The molecular formula is C60H113NO18. The van der Waals surface area contributed by atoms with Crippen LogP contribution in [0.4, 0.5) is 0 Å². The largest absolute Gasteiger partial charge is 0.394 e. The highest BCUT2D eigenvalue weighted by atomic mass is 16.8. The van der Waals surface area contributed by atoms with E-state index in [1.165, 1.54) is 161 Å². The van der Waals surface area contributed by atoms with Gasteiger partial charge in [0, 0.05) is 6.42 Å². The Balaban J connectivity index is 1.47. The number of carbonyl (C=O) groups is 1. The third kappa shape index (κ3) is 27.9. The second kappa shape index (κ2) is 44.1. The Hall–Kier alpha value is -1.47. The van der Waals surface area contributed by atoms with Crippen LogP contribution in [0.3, 0.4) is 0 Å². The van der Waals surface area contributed by atoms with Crippen LogP contribution in [0, 0.1) is 0 Å². The quantitative estimate of drug-likeness (QED) is 0.0240. The Morgan fingerprint density at radius 3 is 1.19 bits per heavy atom. The smallest absolute Gasteiger partial charge is 0.220 e. The van der Waals surface area contributed by atoms with Gasteiger partial charge in [0.15, 0.2) is 18.9 Å². The van der Waals surface area contributed by atoms with E-state index < -0.39 is 124 Å². The fourth-order valence-electron chi connectivity index (χ4n) is 10.9. The molecule has 3 fully saturated rings. The van der Waals surface area contributed by atoms with Crippen molar-refractivity contribution in [3.63, 3.8) is 0 Å². The number of allylic oxidation sites excluding steroid dienone is 1. The van der Waals surface area contributed by atoms with Gasteiger partial charge >= 0.3 is 0 Å². The lowest BCUT2D eigenvalue weighted by Crippen LogP contribution is -2.66. The number of unbranched alkanes of at least 4 members (excludes halogenated alkanes) is 31. The molecule has 0 bridgehead atoms. The average molecular weight is 1140 g/mol. The minimum Gasteiger partial charge on any atom is -0.394 e. The van der Waals surface area contributed by atoms with Crippen LogP contribution in [-0.2, 0) is 33.2 Å². The maximum atomic E-state index is 13.3. The highest BCUT2D eigenvalue weighted by molar-refractivity contribution is 5.76. The molecule has 12 N–H and O–H groups in total. The zero-order valence-electron chi connectivity index (χ0n) is 48.6. The lowest BCUT2D eigenvalue weighted by atomic mass is 9.96. The molecule has 0 aromatic rings. The molecule has 0 radical (unpaired) electrons. The number of aliphatic hydroxyl groups excluding tert-OH is 11. The lowest BCUT2D eigenvalue weighted by Gasteiger charge is -2.48. The van der Waals surface area contributed by atoms with Crippen LogP contribution in [0.15, 0.2) is 12.2 Å². The van der Waals surface area contributed by atoms with E-state index in [-0.39, 0.29) is 18.9 Å². The van der Waals surface area contributed by atoms with Crippen LogP contribution in [0.1, 0.15) is 232 Å². The minimum atomic E-state index is -1.97. The van der Waals surface area contributed by atoms with Crippen molar-refractivity contribution in [2.75, 3.05) is 26.4 Å². The van der Waals surface area contributed by atoms with Crippen LogP contribution < -0.4 is 5.32 Å². The van der Waals surface area contributed by atoms with E-state index >= 15 is 0 Å². The summed E-state index contributed by atoms with van der Waals surface area (Å²) in [6, 6.07) is -0.966. The number of hydrogen-bond donors (Lipinski definition) is 12. The zero-order valence-corrected chi connectivity index (χ0v) is 48.6. The van der Waals surface area contributed by atoms with Crippen LogP contribution in [0.5, 0.6) is 0 Å². The van der Waals surface area contributed by atoms with Crippen molar-refractivity contribution in [1.29, 1.82) is 0 Å². The number of rotatable bonds is 47. The van der Waals surface area contributed by atoms with Gasteiger partial charge in [0.1, 0.15) is 73.2 Å². The van der Waals surface area contributed by atoms with E-state index in [2.05, 4.69) is 19.2 Å². The highest BCUT2D eigenvalue weighted by Crippen LogP contribution is 2.33. The third-order valence-corrected chi connectivity index (χ3v) is 16.1. The van der Waals surface area contributed by atoms with Crippen molar-refractivity contribution in [2.24, 2.45) is 0 Å². The van der Waals surface area contributed by atoms with E-state index in [0.29, 0.717) is 6.42 Å². The first kappa shape index (κ1) is 71.8. The molecule has 0 saturated carbocycles. The van der Waals surface area contributed by atoms with Crippen LogP contribution >= 0.6 is 0 Å². The van der Waals surface area contributed by atoms with Gasteiger partial charge in [-0.3, -0.25) is 4.79 Å². The summed E-state index contributed by atoms with van der Waals surface area (Å²) < 4.78 is 34.3. The van der Waals surface area contributed by atoms with Gasteiger partial charge in [-0.2, -0.15) is 0 Å². The van der Waals surface area contributed by atoms with E-state index in [1.54, 1.807) is 6.08 Å². The maximum absolute atomic E-state index is 13.3. The zero-order chi connectivity index (χ0) is 57.6. The van der Waals surface area contributed by atoms with Crippen molar-refractivity contribution >= 4 is 5.91 Å². The van der Waals surface area contributed by atoms with E-state index in [9.17, 15) is 61.0 Å². The van der Waals surface area contributed by atoms with Gasteiger partial charge in [0.2, 0.25) is 5.91 Å². The van der Waals surface area contributed by atoms with Crippen molar-refractivity contribution in [3.05, 3.63) is 12.2 Å². The van der Waals surface area contributed by atoms with Gasteiger partial charge in [-0.1, -0.05) is 219 Å². The Morgan fingerprint density at radius 2 is 0.785 bits per heavy atom. The fraction of sp³-hybridized carbons (Fsp3) is 0.950. The minimum absolute atomic E-state index is 0.249. The maximum Gasteiger partial charge on any atom is 0.220 e. The van der Waals surface area contributed by atoms with Gasteiger partial charge in [-0.05, 0) is 19.3 Å². The number of hydrogen-bond acceptors (Lipinski definition) is 18. The summed E-state index contributed by atoms with van der Waals surface area (Å²) in [7, 11) is 0. The van der Waals surface area contributed by atoms with Crippen LogP contribution in [-0.4, -0.2) is 193 Å². The molecule has 0 spiro atoms. The predicted molar refractivity (Wildman–Crippen MR) is 300 cm³/mol. The Labute approximate surface area is 474 Å². The van der Waals surface area contributed by atoms with Gasteiger partial charge in [0.05, 0.1) is 38.6 Å². The summed E-state index contributed by atoms with van der Waals surface area (Å²) >= 11 is 0. The highest BCUT2D eigenvalue weighted by Gasteiger charge is 2.53. The molecule has 19 nitrogen and oxygen atoms in total. The molecule has 0 aromatic carbocycles. The topological polar surface area (TPSA) is 307 Å². The van der Waals surface area contributed by atoms with Crippen LogP contribution in [0.25, 0.3) is 0 Å².